The minimum Gasteiger partial charge on any atom is -0.504 e. The van der Waals surface area contributed by atoms with Crippen LogP contribution in [0.3, 0.4) is 0 Å². The zero-order valence-electron chi connectivity index (χ0n) is 11.6. The number of nitrogens with one attached hydrogen (secondary N) is 1. The summed E-state index contributed by atoms with van der Waals surface area (Å²) in [4.78, 5) is 12.0. The Morgan fingerprint density at radius 3 is 2.86 bits per heavy atom. The van der Waals surface area contributed by atoms with Crippen molar-refractivity contribution in [1.82, 2.24) is 5.32 Å². The van der Waals surface area contributed by atoms with Crippen LogP contribution in [0.25, 0.3) is 0 Å². The maximum Gasteiger partial charge on any atom is 0.305 e. The fourth-order valence-electron chi connectivity index (χ4n) is 2.01. The number of thiophene rings is 1. The SMILES string of the molecule is COc1cc(CNC(CC(=O)O)c2cccs2)ccc1O. The molecule has 1 unspecified atom stereocenters. The summed E-state index contributed by atoms with van der Waals surface area (Å²) in [5, 5.41) is 23.7. The number of ether oxygens (including phenoxy) is 1. The van der Waals surface area contributed by atoms with Gasteiger partial charge in [0.15, 0.2) is 11.5 Å². The van der Waals surface area contributed by atoms with Gasteiger partial charge in [0.1, 0.15) is 0 Å². The molecule has 0 fully saturated rings. The number of phenols is 1. The minimum atomic E-state index is -0.843. The van der Waals surface area contributed by atoms with E-state index in [9.17, 15) is 9.90 Å². The van der Waals surface area contributed by atoms with Crippen molar-refractivity contribution in [3.05, 3.63) is 46.2 Å². The Kier molecular flexibility index (Phi) is 5.19. The smallest absolute Gasteiger partial charge is 0.305 e. The van der Waals surface area contributed by atoms with Crippen LogP contribution in [0.15, 0.2) is 35.7 Å². The van der Waals surface area contributed by atoms with Gasteiger partial charge in [0.05, 0.1) is 19.6 Å². The van der Waals surface area contributed by atoms with Crippen molar-refractivity contribution < 1.29 is 19.7 Å². The standard InChI is InChI=1S/C15H17NO4S/c1-20-13-7-10(4-5-12(13)17)9-16-11(8-15(18)19)14-3-2-6-21-14/h2-7,11,16-17H,8-9H2,1H3,(H,18,19). The monoisotopic (exact) mass is 307 g/mol. The first-order chi connectivity index (χ1) is 10.1. The van der Waals surface area contributed by atoms with E-state index in [-0.39, 0.29) is 18.2 Å². The molecule has 1 heterocycles. The molecule has 1 atom stereocenters. The van der Waals surface area contributed by atoms with Gasteiger partial charge in [-0.3, -0.25) is 4.79 Å². The maximum absolute atomic E-state index is 11.0. The third-order valence-electron chi connectivity index (χ3n) is 3.06. The van der Waals surface area contributed by atoms with Crippen molar-refractivity contribution >= 4 is 17.3 Å². The van der Waals surface area contributed by atoms with E-state index >= 15 is 0 Å². The summed E-state index contributed by atoms with van der Waals surface area (Å²) < 4.78 is 5.06. The second-order valence-electron chi connectivity index (χ2n) is 4.55. The number of hydrogen-bond acceptors (Lipinski definition) is 5. The first kappa shape index (κ1) is 15.3. The lowest BCUT2D eigenvalue weighted by molar-refractivity contribution is -0.137. The van der Waals surface area contributed by atoms with Gasteiger partial charge < -0.3 is 20.3 Å². The fourth-order valence-corrected chi connectivity index (χ4v) is 2.81. The predicted molar refractivity (Wildman–Crippen MR) is 80.8 cm³/mol. The third-order valence-corrected chi connectivity index (χ3v) is 4.05. The summed E-state index contributed by atoms with van der Waals surface area (Å²) in [6.07, 6.45) is 0.0235. The van der Waals surface area contributed by atoms with Crippen molar-refractivity contribution in [2.24, 2.45) is 0 Å². The normalized spacial score (nSPS) is 12.0. The van der Waals surface area contributed by atoms with Crippen LogP contribution < -0.4 is 10.1 Å². The summed E-state index contributed by atoms with van der Waals surface area (Å²) in [5.74, 6) is -0.356. The Bertz CT molecular complexity index is 598. The number of phenolic OH excluding ortho intramolecular Hbond substituents is 1. The minimum absolute atomic E-state index is 0.0235. The van der Waals surface area contributed by atoms with Crippen LogP contribution in [0.4, 0.5) is 0 Å². The molecule has 0 aliphatic rings. The van der Waals surface area contributed by atoms with E-state index in [1.54, 1.807) is 18.2 Å². The van der Waals surface area contributed by atoms with E-state index in [0.29, 0.717) is 12.3 Å². The van der Waals surface area contributed by atoms with Gasteiger partial charge in [0.25, 0.3) is 0 Å². The van der Waals surface area contributed by atoms with E-state index < -0.39 is 5.97 Å². The average Bonchev–Trinajstić information content (AvgIpc) is 2.98. The Morgan fingerprint density at radius 1 is 1.43 bits per heavy atom. The molecule has 112 valence electrons. The molecule has 0 saturated carbocycles. The average molecular weight is 307 g/mol. The number of aromatic hydroxyl groups is 1. The lowest BCUT2D eigenvalue weighted by Crippen LogP contribution is -2.22. The van der Waals surface area contributed by atoms with Crippen LogP contribution in [0.2, 0.25) is 0 Å². The van der Waals surface area contributed by atoms with Crippen LogP contribution in [-0.2, 0) is 11.3 Å². The number of carbonyl (C=O) groups is 1. The van der Waals surface area contributed by atoms with Crippen LogP contribution in [0.5, 0.6) is 11.5 Å². The van der Waals surface area contributed by atoms with Crippen molar-refractivity contribution in [1.29, 1.82) is 0 Å². The molecule has 3 N–H and O–H groups in total. The molecule has 1 aromatic heterocycles. The Hall–Kier alpha value is -2.05. The van der Waals surface area contributed by atoms with Gasteiger partial charge in [0, 0.05) is 11.4 Å². The molecular weight excluding hydrogens is 290 g/mol. The van der Waals surface area contributed by atoms with Gasteiger partial charge in [0.2, 0.25) is 0 Å². The number of carboxylic acids is 1. The lowest BCUT2D eigenvalue weighted by atomic mass is 10.1. The second-order valence-corrected chi connectivity index (χ2v) is 5.53. The zero-order chi connectivity index (χ0) is 15.2. The van der Waals surface area contributed by atoms with Crippen molar-refractivity contribution in [2.45, 2.75) is 19.0 Å². The van der Waals surface area contributed by atoms with Crippen LogP contribution in [0.1, 0.15) is 22.9 Å². The Labute approximate surface area is 126 Å². The molecule has 0 amide bonds. The van der Waals surface area contributed by atoms with Gasteiger partial charge in [-0.05, 0) is 29.1 Å². The summed E-state index contributed by atoms with van der Waals surface area (Å²) in [7, 11) is 1.49. The van der Waals surface area contributed by atoms with E-state index in [2.05, 4.69) is 5.32 Å². The van der Waals surface area contributed by atoms with Crippen LogP contribution >= 0.6 is 11.3 Å². The number of rotatable bonds is 7. The highest BCUT2D eigenvalue weighted by atomic mass is 32.1. The molecule has 0 saturated heterocycles. The molecule has 5 nitrogen and oxygen atoms in total. The van der Waals surface area contributed by atoms with E-state index in [0.717, 1.165) is 10.4 Å². The molecule has 6 heteroatoms. The van der Waals surface area contributed by atoms with Gasteiger partial charge in [-0.1, -0.05) is 12.1 Å². The molecular formula is C15H17NO4S. The molecule has 0 aliphatic heterocycles. The van der Waals surface area contributed by atoms with Gasteiger partial charge in [-0.2, -0.15) is 0 Å². The maximum atomic E-state index is 11.0. The summed E-state index contributed by atoms with van der Waals surface area (Å²) in [5.41, 5.74) is 0.914. The molecule has 2 rings (SSSR count). The quantitative estimate of drug-likeness (QED) is 0.733. The molecule has 0 radical (unpaired) electrons. The molecule has 1 aromatic carbocycles. The largest absolute Gasteiger partial charge is 0.504 e. The molecule has 21 heavy (non-hydrogen) atoms. The third kappa shape index (κ3) is 4.21. The number of methoxy groups -OCH3 is 1. The van der Waals surface area contributed by atoms with Crippen LogP contribution in [-0.4, -0.2) is 23.3 Å². The highest BCUT2D eigenvalue weighted by molar-refractivity contribution is 7.10. The Morgan fingerprint density at radius 2 is 2.24 bits per heavy atom. The summed E-state index contributed by atoms with van der Waals surface area (Å²) >= 11 is 1.53. The number of hydrogen-bond donors (Lipinski definition) is 3. The topological polar surface area (TPSA) is 78.8 Å². The van der Waals surface area contributed by atoms with E-state index in [1.165, 1.54) is 18.4 Å². The number of benzene rings is 1. The Balaban J connectivity index is 2.06. The van der Waals surface area contributed by atoms with Gasteiger partial charge in [-0.25, -0.2) is 0 Å². The molecule has 0 bridgehead atoms. The van der Waals surface area contributed by atoms with Crippen molar-refractivity contribution in [3.8, 4) is 11.5 Å². The zero-order valence-corrected chi connectivity index (χ0v) is 12.4. The fraction of sp³-hybridized carbons (Fsp3) is 0.267. The van der Waals surface area contributed by atoms with Crippen LogP contribution in [0, 0.1) is 0 Å². The predicted octanol–water partition coefficient (Wildman–Crippen LogP) is 2.77. The lowest BCUT2D eigenvalue weighted by Gasteiger charge is -2.16. The molecule has 0 aliphatic carbocycles. The van der Waals surface area contributed by atoms with Crippen molar-refractivity contribution in [2.75, 3.05) is 7.11 Å². The van der Waals surface area contributed by atoms with E-state index in [4.69, 9.17) is 9.84 Å². The van der Waals surface area contributed by atoms with Gasteiger partial charge in [-0.15, -0.1) is 11.3 Å². The highest BCUT2D eigenvalue weighted by Crippen LogP contribution is 2.27. The summed E-state index contributed by atoms with van der Waals surface area (Å²) in [6.45, 7) is 0.493. The molecule has 0 spiro atoms. The number of aliphatic carboxylic acids is 1. The van der Waals surface area contributed by atoms with Gasteiger partial charge >= 0.3 is 5.97 Å². The first-order valence-electron chi connectivity index (χ1n) is 6.44. The highest BCUT2D eigenvalue weighted by Gasteiger charge is 2.16. The second kappa shape index (κ2) is 7.10. The molecule has 2 aromatic rings. The summed E-state index contributed by atoms with van der Waals surface area (Å²) in [6, 6.07) is 8.66. The number of carboxylic acid groups (broad SMARTS) is 1. The first-order valence-corrected chi connectivity index (χ1v) is 7.32. The van der Waals surface area contributed by atoms with E-state index in [1.807, 2.05) is 17.5 Å². The van der Waals surface area contributed by atoms with Crippen molar-refractivity contribution in [3.63, 3.8) is 0 Å².